The number of hydrogen-bond donors (Lipinski definition) is 0. The largest absolute Gasteiger partial charge is 0.337 e. The molecule has 0 N–H and O–H groups in total. The number of amides is 1. The average Bonchev–Trinajstić information content (AvgIpc) is 2.79. The van der Waals surface area contributed by atoms with Gasteiger partial charge in [0.2, 0.25) is 0 Å². The Morgan fingerprint density at radius 2 is 2.10 bits per heavy atom. The molecule has 0 aliphatic carbocycles. The predicted octanol–water partition coefficient (Wildman–Crippen LogP) is 1.23. The van der Waals surface area contributed by atoms with Crippen molar-refractivity contribution in [3.8, 4) is 0 Å². The first-order valence-corrected chi connectivity index (χ1v) is 7.50. The molecule has 2 heterocycles. The fourth-order valence-corrected chi connectivity index (χ4v) is 2.77. The summed E-state index contributed by atoms with van der Waals surface area (Å²) in [5.74, 6) is 0.0956. The SMILES string of the molecule is CCn1nnc2cc(C(=O)N3CCCN(C)CC3)ccc21. The van der Waals surface area contributed by atoms with E-state index in [1.54, 1.807) is 0 Å². The Bertz CT molecular complexity index is 651. The van der Waals surface area contributed by atoms with Crippen LogP contribution in [-0.4, -0.2) is 63.9 Å². The number of aromatic nitrogens is 3. The van der Waals surface area contributed by atoms with Gasteiger partial charge in [-0.3, -0.25) is 4.79 Å². The second-order valence-electron chi connectivity index (χ2n) is 5.56. The van der Waals surface area contributed by atoms with Gasteiger partial charge in [0.1, 0.15) is 5.52 Å². The van der Waals surface area contributed by atoms with E-state index in [4.69, 9.17) is 0 Å². The topological polar surface area (TPSA) is 54.3 Å². The number of likely N-dealkylation sites (N-methyl/N-ethyl adjacent to an activating group) is 1. The van der Waals surface area contributed by atoms with Gasteiger partial charge in [0.15, 0.2) is 0 Å². The van der Waals surface area contributed by atoms with Crippen molar-refractivity contribution >= 4 is 16.9 Å². The van der Waals surface area contributed by atoms with Gasteiger partial charge in [0, 0.05) is 31.7 Å². The van der Waals surface area contributed by atoms with Crippen molar-refractivity contribution < 1.29 is 4.79 Å². The molecule has 3 rings (SSSR count). The lowest BCUT2D eigenvalue weighted by molar-refractivity contribution is 0.0763. The van der Waals surface area contributed by atoms with Crippen LogP contribution in [-0.2, 0) is 6.54 Å². The van der Waals surface area contributed by atoms with Crippen molar-refractivity contribution in [2.75, 3.05) is 33.2 Å². The average molecular weight is 287 g/mol. The summed E-state index contributed by atoms with van der Waals surface area (Å²) in [6, 6.07) is 5.68. The molecule has 112 valence electrons. The minimum absolute atomic E-state index is 0.0956. The van der Waals surface area contributed by atoms with Crippen LogP contribution in [0, 0.1) is 0 Å². The molecule has 1 fully saturated rings. The van der Waals surface area contributed by atoms with Crippen molar-refractivity contribution in [3.05, 3.63) is 23.8 Å². The second kappa shape index (κ2) is 5.81. The summed E-state index contributed by atoms with van der Waals surface area (Å²) in [6.45, 7) is 6.40. The van der Waals surface area contributed by atoms with Gasteiger partial charge in [-0.15, -0.1) is 5.10 Å². The number of hydrogen-bond acceptors (Lipinski definition) is 4. The van der Waals surface area contributed by atoms with Crippen LogP contribution >= 0.6 is 0 Å². The highest BCUT2D eigenvalue weighted by Gasteiger charge is 2.19. The summed E-state index contributed by atoms with van der Waals surface area (Å²) in [4.78, 5) is 16.8. The van der Waals surface area contributed by atoms with E-state index in [0.717, 1.165) is 50.2 Å². The summed E-state index contributed by atoms with van der Waals surface area (Å²) in [7, 11) is 2.10. The molecule has 0 bridgehead atoms. The van der Waals surface area contributed by atoms with Crippen LogP contribution in [0.1, 0.15) is 23.7 Å². The van der Waals surface area contributed by atoms with Crippen LogP contribution in [0.25, 0.3) is 11.0 Å². The number of nitrogens with zero attached hydrogens (tertiary/aromatic N) is 5. The number of rotatable bonds is 2. The fourth-order valence-electron chi connectivity index (χ4n) is 2.77. The number of benzene rings is 1. The lowest BCUT2D eigenvalue weighted by Gasteiger charge is -2.20. The predicted molar refractivity (Wildman–Crippen MR) is 81.2 cm³/mol. The Balaban J connectivity index is 1.84. The fraction of sp³-hybridized carbons (Fsp3) is 0.533. The second-order valence-corrected chi connectivity index (χ2v) is 5.56. The Morgan fingerprint density at radius 3 is 2.90 bits per heavy atom. The van der Waals surface area contributed by atoms with Gasteiger partial charge in [-0.25, -0.2) is 4.68 Å². The van der Waals surface area contributed by atoms with Crippen molar-refractivity contribution in [2.45, 2.75) is 19.9 Å². The van der Waals surface area contributed by atoms with E-state index >= 15 is 0 Å². The maximum absolute atomic E-state index is 12.6. The summed E-state index contributed by atoms with van der Waals surface area (Å²) in [5, 5.41) is 8.23. The van der Waals surface area contributed by atoms with Gasteiger partial charge >= 0.3 is 0 Å². The van der Waals surface area contributed by atoms with Gasteiger partial charge in [-0.1, -0.05) is 5.21 Å². The van der Waals surface area contributed by atoms with Gasteiger partial charge < -0.3 is 9.80 Å². The lowest BCUT2D eigenvalue weighted by atomic mass is 10.1. The zero-order valence-corrected chi connectivity index (χ0v) is 12.6. The van der Waals surface area contributed by atoms with Crippen LogP contribution in [0.3, 0.4) is 0 Å². The van der Waals surface area contributed by atoms with Crippen molar-refractivity contribution in [3.63, 3.8) is 0 Å². The molecular weight excluding hydrogens is 266 g/mol. The van der Waals surface area contributed by atoms with Crippen LogP contribution < -0.4 is 0 Å². The summed E-state index contributed by atoms with van der Waals surface area (Å²) in [5.41, 5.74) is 2.47. The number of aryl methyl sites for hydroxylation is 1. The van der Waals surface area contributed by atoms with Gasteiger partial charge in [0.05, 0.1) is 5.52 Å². The van der Waals surface area contributed by atoms with E-state index in [1.807, 2.05) is 34.7 Å². The summed E-state index contributed by atoms with van der Waals surface area (Å²) in [6.07, 6.45) is 1.02. The molecule has 21 heavy (non-hydrogen) atoms. The molecule has 0 unspecified atom stereocenters. The normalized spacial score (nSPS) is 17.1. The highest BCUT2D eigenvalue weighted by atomic mass is 16.2. The minimum Gasteiger partial charge on any atom is -0.337 e. The molecule has 1 aromatic carbocycles. The molecule has 1 aliphatic rings. The standard InChI is InChI=1S/C15H21N5O/c1-3-20-14-6-5-12(11-13(14)16-17-20)15(21)19-8-4-7-18(2)9-10-19/h5-6,11H,3-4,7-10H2,1-2H3. The molecule has 0 saturated carbocycles. The van der Waals surface area contributed by atoms with Gasteiger partial charge in [0.25, 0.3) is 5.91 Å². The summed E-state index contributed by atoms with van der Waals surface area (Å²) >= 11 is 0. The molecule has 0 radical (unpaired) electrons. The maximum Gasteiger partial charge on any atom is 0.253 e. The van der Waals surface area contributed by atoms with E-state index in [1.165, 1.54) is 0 Å². The van der Waals surface area contributed by atoms with Crippen LogP contribution in [0.2, 0.25) is 0 Å². The molecule has 2 aromatic rings. The molecule has 0 spiro atoms. The first-order chi connectivity index (χ1) is 10.2. The zero-order valence-electron chi connectivity index (χ0n) is 12.6. The third-order valence-electron chi connectivity index (χ3n) is 4.07. The monoisotopic (exact) mass is 287 g/mol. The molecule has 0 atom stereocenters. The van der Waals surface area contributed by atoms with E-state index in [0.29, 0.717) is 5.56 Å². The third-order valence-corrected chi connectivity index (χ3v) is 4.07. The van der Waals surface area contributed by atoms with E-state index in [2.05, 4.69) is 22.3 Å². The zero-order chi connectivity index (χ0) is 14.8. The molecule has 1 amide bonds. The number of carbonyl (C=O) groups excluding carboxylic acids is 1. The first-order valence-electron chi connectivity index (χ1n) is 7.50. The molecule has 1 aromatic heterocycles. The molecule has 6 heteroatoms. The minimum atomic E-state index is 0.0956. The Hall–Kier alpha value is -1.95. The van der Waals surface area contributed by atoms with Crippen LogP contribution in [0.15, 0.2) is 18.2 Å². The lowest BCUT2D eigenvalue weighted by Crippen LogP contribution is -2.34. The third kappa shape index (κ3) is 2.76. The highest BCUT2D eigenvalue weighted by molar-refractivity contribution is 5.97. The van der Waals surface area contributed by atoms with Crippen LogP contribution in [0.4, 0.5) is 0 Å². The Kier molecular flexibility index (Phi) is 3.88. The van der Waals surface area contributed by atoms with Gasteiger partial charge in [-0.2, -0.15) is 0 Å². The van der Waals surface area contributed by atoms with E-state index in [-0.39, 0.29) is 5.91 Å². The van der Waals surface area contributed by atoms with E-state index in [9.17, 15) is 4.79 Å². The maximum atomic E-state index is 12.6. The molecule has 1 aliphatic heterocycles. The van der Waals surface area contributed by atoms with Crippen molar-refractivity contribution in [1.82, 2.24) is 24.8 Å². The van der Waals surface area contributed by atoms with Crippen molar-refractivity contribution in [1.29, 1.82) is 0 Å². The number of carbonyl (C=O) groups is 1. The molecule has 1 saturated heterocycles. The first kappa shape index (κ1) is 14.0. The van der Waals surface area contributed by atoms with E-state index < -0.39 is 0 Å². The quantitative estimate of drug-likeness (QED) is 0.833. The number of fused-ring (bicyclic) bond motifs is 1. The highest BCUT2D eigenvalue weighted by Crippen LogP contribution is 2.16. The Labute approximate surface area is 124 Å². The van der Waals surface area contributed by atoms with Gasteiger partial charge in [-0.05, 0) is 45.1 Å². The van der Waals surface area contributed by atoms with Crippen molar-refractivity contribution in [2.24, 2.45) is 0 Å². The summed E-state index contributed by atoms with van der Waals surface area (Å²) < 4.78 is 1.84. The molecule has 6 nitrogen and oxygen atoms in total. The molecular formula is C15H21N5O. The smallest absolute Gasteiger partial charge is 0.253 e. The Morgan fingerprint density at radius 1 is 1.24 bits per heavy atom. The van der Waals surface area contributed by atoms with Crippen LogP contribution in [0.5, 0.6) is 0 Å².